The lowest BCUT2D eigenvalue weighted by Crippen LogP contribution is -2.36. The Labute approximate surface area is 144 Å². The van der Waals surface area contributed by atoms with Gasteiger partial charge in [-0.15, -0.1) is 0 Å². The molecule has 3 rings (SSSR count). The number of pyridine rings is 1. The standard InChI is InChI=1S/C18H19F2N3O2/c19-14-6-4-13(5-7-14)10-21-17(24)12-23-9-8-15(11-23)25-18-3-1-2-16(20)22-18/h1-7,15H,8-12H2,(H,21,24). The first-order valence-corrected chi connectivity index (χ1v) is 8.11. The molecule has 1 atom stereocenters. The number of halogens is 2. The van der Waals surface area contributed by atoms with Gasteiger partial charge in [0.15, 0.2) is 0 Å². The average Bonchev–Trinajstić information content (AvgIpc) is 3.01. The number of likely N-dealkylation sites (tertiary alicyclic amines) is 1. The van der Waals surface area contributed by atoms with E-state index in [0.29, 0.717) is 13.1 Å². The summed E-state index contributed by atoms with van der Waals surface area (Å²) in [5.74, 6) is -0.722. The topological polar surface area (TPSA) is 54.5 Å². The van der Waals surface area contributed by atoms with Crippen molar-refractivity contribution in [1.82, 2.24) is 15.2 Å². The number of ether oxygens (including phenoxy) is 1. The molecular weight excluding hydrogens is 328 g/mol. The summed E-state index contributed by atoms with van der Waals surface area (Å²) in [5, 5.41) is 2.81. The lowest BCUT2D eigenvalue weighted by Gasteiger charge is -2.16. The molecule has 1 fully saturated rings. The van der Waals surface area contributed by atoms with Crippen molar-refractivity contribution in [2.24, 2.45) is 0 Å². The second kappa shape index (κ2) is 8.02. The normalized spacial score (nSPS) is 17.4. The fraction of sp³-hybridized carbons (Fsp3) is 0.333. The zero-order valence-electron chi connectivity index (χ0n) is 13.6. The molecular formula is C18H19F2N3O2. The van der Waals surface area contributed by atoms with E-state index in [0.717, 1.165) is 18.5 Å². The number of hydrogen-bond acceptors (Lipinski definition) is 4. The summed E-state index contributed by atoms with van der Waals surface area (Å²) >= 11 is 0. The van der Waals surface area contributed by atoms with Gasteiger partial charge in [0.2, 0.25) is 17.7 Å². The number of amides is 1. The van der Waals surface area contributed by atoms with E-state index in [1.54, 1.807) is 24.3 Å². The van der Waals surface area contributed by atoms with Gasteiger partial charge in [0.05, 0.1) is 6.54 Å². The number of nitrogens with one attached hydrogen (secondary N) is 1. The first-order chi connectivity index (χ1) is 12.1. The van der Waals surface area contributed by atoms with Gasteiger partial charge in [-0.25, -0.2) is 4.39 Å². The first kappa shape index (κ1) is 17.3. The highest BCUT2D eigenvalue weighted by Gasteiger charge is 2.25. The molecule has 1 amide bonds. The molecule has 5 nitrogen and oxygen atoms in total. The summed E-state index contributed by atoms with van der Waals surface area (Å²) in [6.07, 6.45) is 0.642. The number of rotatable bonds is 6. The monoisotopic (exact) mass is 347 g/mol. The predicted molar refractivity (Wildman–Crippen MR) is 87.9 cm³/mol. The van der Waals surface area contributed by atoms with Crippen LogP contribution in [0.15, 0.2) is 42.5 Å². The van der Waals surface area contributed by atoms with Crippen molar-refractivity contribution in [3.05, 3.63) is 59.8 Å². The Morgan fingerprint density at radius 2 is 2.04 bits per heavy atom. The Morgan fingerprint density at radius 3 is 2.80 bits per heavy atom. The van der Waals surface area contributed by atoms with Gasteiger partial charge < -0.3 is 10.1 Å². The van der Waals surface area contributed by atoms with Crippen molar-refractivity contribution in [2.45, 2.75) is 19.1 Å². The van der Waals surface area contributed by atoms with Crippen LogP contribution in [-0.2, 0) is 11.3 Å². The van der Waals surface area contributed by atoms with Gasteiger partial charge in [-0.05, 0) is 30.2 Å². The summed E-state index contributed by atoms with van der Waals surface area (Å²) < 4.78 is 31.5. The SMILES string of the molecule is O=C(CN1CCC(Oc2cccc(F)n2)C1)NCc1ccc(F)cc1. The van der Waals surface area contributed by atoms with Gasteiger partial charge in [-0.3, -0.25) is 9.69 Å². The van der Waals surface area contributed by atoms with Crippen LogP contribution in [0, 0.1) is 11.8 Å². The third-order valence-corrected chi connectivity index (χ3v) is 3.98. The highest BCUT2D eigenvalue weighted by atomic mass is 19.1. The van der Waals surface area contributed by atoms with Crippen LogP contribution >= 0.6 is 0 Å². The maximum absolute atomic E-state index is 13.1. The fourth-order valence-corrected chi connectivity index (χ4v) is 2.72. The minimum atomic E-state index is -0.576. The molecule has 7 heteroatoms. The van der Waals surface area contributed by atoms with E-state index in [4.69, 9.17) is 4.74 Å². The van der Waals surface area contributed by atoms with Crippen LogP contribution in [0.1, 0.15) is 12.0 Å². The van der Waals surface area contributed by atoms with Gasteiger partial charge in [-0.2, -0.15) is 9.37 Å². The smallest absolute Gasteiger partial charge is 0.234 e. The van der Waals surface area contributed by atoms with Gasteiger partial charge in [0.25, 0.3) is 0 Å². The van der Waals surface area contributed by atoms with E-state index in [1.807, 2.05) is 4.90 Å². The average molecular weight is 347 g/mol. The number of nitrogens with zero attached hydrogens (tertiary/aromatic N) is 2. The molecule has 1 N–H and O–H groups in total. The Kier molecular flexibility index (Phi) is 5.55. The van der Waals surface area contributed by atoms with Crippen molar-refractivity contribution in [2.75, 3.05) is 19.6 Å². The van der Waals surface area contributed by atoms with Crippen LogP contribution in [-0.4, -0.2) is 41.5 Å². The van der Waals surface area contributed by atoms with Crippen molar-refractivity contribution in [3.8, 4) is 5.88 Å². The van der Waals surface area contributed by atoms with Crippen LogP contribution in [0.25, 0.3) is 0 Å². The van der Waals surface area contributed by atoms with Crippen molar-refractivity contribution in [3.63, 3.8) is 0 Å². The van der Waals surface area contributed by atoms with Crippen LogP contribution in [0.2, 0.25) is 0 Å². The number of hydrogen-bond donors (Lipinski definition) is 1. The third kappa shape index (κ3) is 5.22. The highest BCUT2D eigenvalue weighted by molar-refractivity contribution is 5.78. The largest absolute Gasteiger partial charge is 0.473 e. The summed E-state index contributed by atoms with van der Waals surface area (Å²) in [6, 6.07) is 10.4. The van der Waals surface area contributed by atoms with Crippen molar-refractivity contribution in [1.29, 1.82) is 0 Å². The fourth-order valence-electron chi connectivity index (χ4n) is 2.72. The molecule has 0 spiro atoms. The van der Waals surface area contributed by atoms with Gasteiger partial charge in [0.1, 0.15) is 11.9 Å². The summed E-state index contributed by atoms with van der Waals surface area (Å²) in [7, 11) is 0. The zero-order chi connectivity index (χ0) is 17.6. The molecule has 0 radical (unpaired) electrons. The predicted octanol–water partition coefficient (Wildman–Crippen LogP) is 2.13. The summed E-state index contributed by atoms with van der Waals surface area (Å²) in [6.45, 7) is 1.93. The molecule has 1 aromatic carbocycles. The molecule has 1 aromatic heterocycles. The van der Waals surface area contributed by atoms with Crippen molar-refractivity contribution < 1.29 is 18.3 Å². The Hall–Kier alpha value is -2.54. The first-order valence-electron chi connectivity index (χ1n) is 8.11. The van der Waals surface area contributed by atoms with Crippen LogP contribution in [0.4, 0.5) is 8.78 Å². The number of benzene rings is 1. The van der Waals surface area contributed by atoms with E-state index < -0.39 is 5.95 Å². The minimum absolute atomic E-state index is 0.103. The van der Waals surface area contributed by atoms with Crippen LogP contribution in [0.3, 0.4) is 0 Å². The highest BCUT2D eigenvalue weighted by Crippen LogP contribution is 2.16. The van der Waals surface area contributed by atoms with E-state index in [-0.39, 0.29) is 30.3 Å². The van der Waals surface area contributed by atoms with Crippen LogP contribution < -0.4 is 10.1 Å². The Bertz CT molecular complexity index is 725. The number of carbonyl (C=O) groups is 1. The Morgan fingerprint density at radius 1 is 1.24 bits per heavy atom. The lowest BCUT2D eigenvalue weighted by atomic mass is 10.2. The Balaban J connectivity index is 1.41. The van der Waals surface area contributed by atoms with E-state index in [9.17, 15) is 13.6 Å². The quantitative estimate of drug-likeness (QED) is 0.814. The molecule has 0 bridgehead atoms. The summed E-state index contributed by atoms with van der Waals surface area (Å²) in [4.78, 5) is 17.7. The molecule has 2 heterocycles. The van der Waals surface area contributed by atoms with Crippen molar-refractivity contribution >= 4 is 5.91 Å². The third-order valence-electron chi connectivity index (χ3n) is 3.98. The van der Waals surface area contributed by atoms with E-state index in [1.165, 1.54) is 18.2 Å². The summed E-state index contributed by atoms with van der Waals surface area (Å²) in [5.41, 5.74) is 0.842. The number of carbonyl (C=O) groups excluding carboxylic acids is 1. The number of aromatic nitrogens is 1. The molecule has 2 aromatic rings. The lowest BCUT2D eigenvalue weighted by molar-refractivity contribution is -0.122. The van der Waals surface area contributed by atoms with Gasteiger partial charge >= 0.3 is 0 Å². The second-order valence-corrected chi connectivity index (χ2v) is 5.97. The molecule has 0 saturated carbocycles. The van der Waals surface area contributed by atoms with Crippen LogP contribution in [0.5, 0.6) is 5.88 Å². The second-order valence-electron chi connectivity index (χ2n) is 5.97. The van der Waals surface area contributed by atoms with E-state index >= 15 is 0 Å². The maximum atomic E-state index is 13.1. The molecule has 25 heavy (non-hydrogen) atoms. The minimum Gasteiger partial charge on any atom is -0.473 e. The molecule has 1 unspecified atom stereocenters. The molecule has 0 aliphatic carbocycles. The van der Waals surface area contributed by atoms with Gasteiger partial charge in [-0.1, -0.05) is 18.2 Å². The van der Waals surface area contributed by atoms with Gasteiger partial charge in [0, 0.05) is 25.7 Å². The molecule has 132 valence electrons. The maximum Gasteiger partial charge on any atom is 0.234 e. The molecule has 1 aliphatic heterocycles. The molecule has 1 saturated heterocycles. The zero-order valence-corrected chi connectivity index (χ0v) is 13.6. The molecule has 1 aliphatic rings. The van der Waals surface area contributed by atoms with E-state index in [2.05, 4.69) is 10.3 Å².